The van der Waals surface area contributed by atoms with E-state index in [0.29, 0.717) is 6.42 Å². The van der Waals surface area contributed by atoms with Crippen molar-refractivity contribution in [3.8, 4) is 11.1 Å². The largest absolute Gasteiger partial charge is 0.445 e. The topological polar surface area (TPSA) is 175 Å². The minimum absolute atomic E-state index is 0.0431. The summed E-state index contributed by atoms with van der Waals surface area (Å²) in [7, 11) is 0. The maximum atomic E-state index is 13.2. The van der Waals surface area contributed by atoms with Crippen molar-refractivity contribution in [3.63, 3.8) is 0 Å². The number of nitrogens with two attached hydrogens (primary N) is 3. The summed E-state index contributed by atoms with van der Waals surface area (Å²) in [6.07, 6.45) is 0.0582. The van der Waals surface area contributed by atoms with E-state index in [-0.39, 0.29) is 32.0 Å². The van der Waals surface area contributed by atoms with Crippen LogP contribution in [-0.4, -0.2) is 42.5 Å². The molecule has 0 aliphatic heterocycles. The molecule has 2 atom stereocenters. The molecular formula is C29H34N6O4. The first-order valence-electron chi connectivity index (χ1n) is 12.6. The van der Waals surface area contributed by atoms with Crippen LogP contribution in [-0.2, 0) is 27.4 Å². The van der Waals surface area contributed by atoms with E-state index in [2.05, 4.69) is 15.6 Å². The quantitative estimate of drug-likeness (QED) is 0.129. The van der Waals surface area contributed by atoms with Gasteiger partial charge < -0.3 is 32.6 Å². The molecule has 0 aliphatic carbocycles. The second kappa shape index (κ2) is 14.8. The average Bonchev–Trinajstić information content (AvgIpc) is 2.94. The van der Waals surface area contributed by atoms with Crippen LogP contribution < -0.4 is 27.8 Å². The zero-order valence-corrected chi connectivity index (χ0v) is 21.6. The van der Waals surface area contributed by atoms with E-state index in [0.717, 1.165) is 22.3 Å². The lowest BCUT2D eigenvalue weighted by Crippen LogP contribution is -2.53. The fourth-order valence-corrected chi connectivity index (χ4v) is 3.88. The summed E-state index contributed by atoms with van der Waals surface area (Å²) in [6, 6.07) is 24.8. The number of hydrogen-bond acceptors (Lipinski definition) is 5. The molecule has 1 unspecified atom stereocenters. The zero-order valence-electron chi connectivity index (χ0n) is 21.6. The van der Waals surface area contributed by atoms with Crippen molar-refractivity contribution < 1.29 is 19.1 Å². The number of hydrogen-bond donors (Lipinski definition) is 5. The van der Waals surface area contributed by atoms with E-state index in [4.69, 9.17) is 21.9 Å². The number of ether oxygens (including phenoxy) is 1. The lowest BCUT2D eigenvalue weighted by molar-refractivity contribution is -0.128. The van der Waals surface area contributed by atoms with E-state index >= 15 is 0 Å². The van der Waals surface area contributed by atoms with Gasteiger partial charge in [-0.25, -0.2) is 4.79 Å². The van der Waals surface area contributed by atoms with Gasteiger partial charge in [0.15, 0.2) is 5.96 Å². The first-order chi connectivity index (χ1) is 18.8. The molecule has 0 aliphatic rings. The van der Waals surface area contributed by atoms with Crippen molar-refractivity contribution in [2.45, 2.75) is 38.0 Å². The van der Waals surface area contributed by atoms with E-state index in [9.17, 15) is 14.4 Å². The Bertz CT molecular complexity index is 1250. The second-order valence-corrected chi connectivity index (χ2v) is 8.94. The van der Waals surface area contributed by atoms with Gasteiger partial charge in [-0.2, -0.15) is 0 Å². The molecule has 0 spiro atoms. The smallest absolute Gasteiger partial charge is 0.408 e. The molecule has 3 amide bonds. The first-order valence-corrected chi connectivity index (χ1v) is 12.6. The highest BCUT2D eigenvalue weighted by molar-refractivity contribution is 5.91. The number of guanidine groups is 1. The van der Waals surface area contributed by atoms with Gasteiger partial charge in [0.25, 0.3) is 0 Å². The molecule has 0 fully saturated rings. The van der Waals surface area contributed by atoms with Crippen LogP contribution in [0.4, 0.5) is 4.79 Å². The summed E-state index contributed by atoms with van der Waals surface area (Å²) in [4.78, 5) is 41.7. The molecule has 39 heavy (non-hydrogen) atoms. The molecule has 3 aromatic rings. The van der Waals surface area contributed by atoms with Crippen molar-refractivity contribution in [2.75, 3.05) is 6.54 Å². The Morgan fingerprint density at radius 3 is 1.97 bits per heavy atom. The maximum Gasteiger partial charge on any atom is 0.408 e. The first kappa shape index (κ1) is 28.7. The number of rotatable bonds is 13. The molecule has 0 bridgehead atoms. The van der Waals surface area contributed by atoms with Crippen molar-refractivity contribution in [3.05, 3.63) is 96.1 Å². The monoisotopic (exact) mass is 530 g/mol. The van der Waals surface area contributed by atoms with Crippen LogP contribution >= 0.6 is 0 Å². The number of nitrogens with one attached hydrogen (secondary N) is 2. The van der Waals surface area contributed by atoms with Gasteiger partial charge in [0, 0.05) is 13.0 Å². The lowest BCUT2D eigenvalue weighted by Gasteiger charge is -2.22. The molecular weight excluding hydrogens is 496 g/mol. The number of aliphatic imine (C=N–C) groups is 1. The van der Waals surface area contributed by atoms with Gasteiger partial charge in [-0.15, -0.1) is 0 Å². The third-order valence-corrected chi connectivity index (χ3v) is 5.93. The number of nitrogens with zero attached hydrogens (tertiary/aromatic N) is 1. The van der Waals surface area contributed by atoms with Crippen molar-refractivity contribution in [1.29, 1.82) is 0 Å². The molecule has 204 valence electrons. The normalized spacial score (nSPS) is 12.0. The Kier molecular flexibility index (Phi) is 10.9. The molecule has 0 aromatic heterocycles. The average molecular weight is 531 g/mol. The third kappa shape index (κ3) is 9.84. The second-order valence-electron chi connectivity index (χ2n) is 8.94. The summed E-state index contributed by atoms with van der Waals surface area (Å²) in [6.45, 7) is 0.324. The van der Waals surface area contributed by atoms with Crippen molar-refractivity contribution >= 4 is 23.9 Å². The summed E-state index contributed by atoms with van der Waals surface area (Å²) < 4.78 is 5.32. The van der Waals surface area contributed by atoms with Crippen molar-refractivity contribution in [2.24, 2.45) is 22.2 Å². The molecule has 8 N–H and O–H groups in total. The number of carbonyl (C=O) groups excluding carboxylic acids is 3. The van der Waals surface area contributed by atoms with Gasteiger partial charge in [0.2, 0.25) is 11.8 Å². The Labute approximate surface area is 227 Å². The van der Waals surface area contributed by atoms with E-state index in [1.54, 1.807) is 0 Å². The summed E-state index contributed by atoms with van der Waals surface area (Å²) in [5, 5.41) is 5.27. The van der Waals surface area contributed by atoms with Crippen LogP contribution in [0.2, 0.25) is 0 Å². The Morgan fingerprint density at radius 2 is 1.36 bits per heavy atom. The third-order valence-electron chi connectivity index (χ3n) is 5.93. The van der Waals surface area contributed by atoms with Gasteiger partial charge in [0.05, 0.1) is 0 Å². The fourth-order valence-electron chi connectivity index (χ4n) is 3.88. The molecule has 0 saturated carbocycles. The maximum absolute atomic E-state index is 13.2. The number of amides is 3. The van der Waals surface area contributed by atoms with Gasteiger partial charge in [-0.05, 0) is 35.1 Å². The highest BCUT2D eigenvalue weighted by Crippen LogP contribution is 2.20. The Hall–Kier alpha value is -4.86. The predicted octanol–water partition coefficient (Wildman–Crippen LogP) is 2.21. The van der Waals surface area contributed by atoms with Gasteiger partial charge in [0.1, 0.15) is 18.7 Å². The molecule has 0 heterocycles. The van der Waals surface area contributed by atoms with E-state index in [1.807, 2.05) is 84.9 Å². The number of primary amides is 1. The zero-order chi connectivity index (χ0) is 28.0. The van der Waals surface area contributed by atoms with Gasteiger partial charge in [-0.3, -0.25) is 14.6 Å². The molecule has 10 heteroatoms. The van der Waals surface area contributed by atoms with Crippen LogP contribution in [0.3, 0.4) is 0 Å². The minimum Gasteiger partial charge on any atom is -0.445 e. The van der Waals surface area contributed by atoms with E-state index < -0.39 is 30.0 Å². The number of benzene rings is 3. The van der Waals surface area contributed by atoms with Crippen LogP contribution in [0.5, 0.6) is 0 Å². The SMILES string of the molecule is NC(=O)C(CCCN=C(N)N)NC(=O)[C@@H](Cc1ccc(-c2ccccc2)cc1)NC(=O)OCc1ccccc1. The Balaban J connectivity index is 1.70. The Morgan fingerprint density at radius 1 is 0.744 bits per heavy atom. The molecule has 3 aromatic carbocycles. The highest BCUT2D eigenvalue weighted by atomic mass is 16.5. The van der Waals surface area contributed by atoms with Gasteiger partial charge in [-0.1, -0.05) is 84.9 Å². The van der Waals surface area contributed by atoms with Crippen molar-refractivity contribution in [1.82, 2.24) is 10.6 Å². The molecule has 10 nitrogen and oxygen atoms in total. The lowest BCUT2D eigenvalue weighted by atomic mass is 10.00. The van der Waals surface area contributed by atoms with Gasteiger partial charge >= 0.3 is 6.09 Å². The number of carbonyl (C=O) groups is 3. The fraction of sp³-hybridized carbons (Fsp3) is 0.241. The van der Waals surface area contributed by atoms with Crippen LogP contribution in [0.15, 0.2) is 89.9 Å². The van der Waals surface area contributed by atoms with Crippen LogP contribution in [0, 0.1) is 0 Å². The highest BCUT2D eigenvalue weighted by Gasteiger charge is 2.26. The summed E-state index contributed by atoms with van der Waals surface area (Å²) in [5.41, 5.74) is 19.9. The number of alkyl carbamates (subject to hydrolysis) is 1. The van der Waals surface area contributed by atoms with E-state index in [1.165, 1.54) is 0 Å². The summed E-state index contributed by atoms with van der Waals surface area (Å²) in [5.74, 6) is -1.33. The molecule has 0 radical (unpaired) electrons. The van der Waals surface area contributed by atoms with Crippen LogP contribution in [0.25, 0.3) is 11.1 Å². The standard InChI is InChI=1S/C29H34N6O4/c30-26(36)24(12-7-17-33-28(31)32)34-27(37)25(35-29(38)39-19-21-8-3-1-4-9-21)18-20-13-15-23(16-14-20)22-10-5-2-6-11-22/h1-6,8-11,13-16,24-25H,7,12,17-19H2,(H2,30,36)(H,34,37)(H,35,38)(H4,31,32,33)/t24?,25-/m1/s1. The predicted molar refractivity (Wildman–Crippen MR) is 150 cm³/mol. The molecule has 3 rings (SSSR count). The summed E-state index contributed by atoms with van der Waals surface area (Å²) >= 11 is 0. The van der Waals surface area contributed by atoms with Crippen LogP contribution in [0.1, 0.15) is 24.0 Å². The molecule has 0 saturated heterocycles. The minimum atomic E-state index is -1.02.